The Bertz CT molecular complexity index is 1490. The van der Waals surface area contributed by atoms with Crippen LogP contribution in [0.5, 0.6) is 5.75 Å². The summed E-state index contributed by atoms with van der Waals surface area (Å²) in [6.45, 7) is 4.22. The quantitative estimate of drug-likeness (QED) is 0.219. The second kappa shape index (κ2) is 8.96. The number of nitrogens with zero attached hydrogens (tertiary/aromatic N) is 2. The van der Waals surface area contributed by atoms with Crippen molar-refractivity contribution in [3.8, 4) is 5.75 Å². The van der Waals surface area contributed by atoms with E-state index >= 15 is 0 Å². The number of halogens is 1. The van der Waals surface area contributed by atoms with Crippen LogP contribution >= 0.6 is 11.3 Å². The maximum absolute atomic E-state index is 13.8. The van der Waals surface area contributed by atoms with Crippen molar-refractivity contribution in [3.05, 3.63) is 94.8 Å². The van der Waals surface area contributed by atoms with Gasteiger partial charge >= 0.3 is 5.91 Å². The van der Waals surface area contributed by atoms with Gasteiger partial charge in [-0.1, -0.05) is 53.3 Å². The zero-order valence-corrected chi connectivity index (χ0v) is 19.8. The predicted molar refractivity (Wildman–Crippen MR) is 133 cm³/mol. The van der Waals surface area contributed by atoms with Gasteiger partial charge in [0.2, 0.25) is 0 Å². The van der Waals surface area contributed by atoms with Crippen molar-refractivity contribution in [2.24, 2.45) is 0 Å². The van der Waals surface area contributed by atoms with Crippen molar-refractivity contribution >= 4 is 44.1 Å². The maximum atomic E-state index is 13.8. The Balaban J connectivity index is 1.71. The number of anilines is 1. The number of aromatic nitrogens is 1. The number of hydrogen-bond acceptors (Lipinski definition) is 6. The summed E-state index contributed by atoms with van der Waals surface area (Å²) >= 11 is 1.11. The second-order valence-electron chi connectivity index (χ2n) is 8.15. The Morgan fingerprint density at radius 1 is 1.11 bits per heavy atom. The highest BCUT2D eigenvalue weighted by Crippen LogP contribution is 2.44. The van der Waals surface area contributed by atoms with Gasteiger partial charge in [0.1, 0.15) is 17.3 Å². The van der Waals surface area contributed by atoms with E-state index in [9.17, 15) is 19.1 Å². The van der Waals surface area contributed by atoms with Crippen LogP contribution in [0.2, 0.25) is 0 Å². The number of Topliss-reactive ketones (excluding diaryl/α,β-unsaturated/α-hetero) is 1. The van der Waals surface area contributed by atoms with E-state index < -0.39 is 23.5 Å². The molecule has 4 aromatic rings. The fraction of sp³-hybridized carbons (Fsp3) is 0.148. The summed E-state index contributed by atoms with van der Waals surface area (Å²) in [5.74, 6) is -1.81. The van der Waals surface area contributed by atoms with E-state index in [1.54, 1.807) is 24.3 Å². The molecule has 2 heterocycles. The van der Waals surface area contributed by atoms with E-state index in [-0.39, 0.29) is 16.5 Å². The molecule has 0 saturated carbocycles. The molecule has 0 aliphatic carbocycles. The topological polar surface area (TPSA) is 79.7 Å². The number of ketones is 1. The molecule has 1 amide bonds. The van der Waals surface area contributed by atoms with Gasteiger partial charge in [-0.3, -0.25) is 14.5 Å². The summed E-state index contributed by atoms with van der Waals surface area (Å²) in [6, 6.07) is 17.4. The minimum absolute atomic E-state index is 0.0436. The minimum Gasteiger partial charge on any atom is -0.507 e. The first kappa shape index (κ1) is 22.7. The predicted octanol–water partition coefficient (Wildman–Crippen LogP) is 5.77. The molecular weight excluding hydrogens is 467 g/mol. The maximum Gasteiger partial charge on any atom is 0.301 e. The van der Waals surface area contributed by atoms with Crippen molar-refractivity contribution in [1.82, 2.24) is 4.98 Å². The Kier molecular flexibility index (Phi) is 5.82. The van der Waals surface area contributed by atoms with Crippen molar-refractivity contribution in [2.75, 3.05) is 11.5 Å². The molecule has 1 N–H and O–H groups in total. The number of rotatable bonds is 5. The number of benzene rings is 3. The minimum atomic E-state index is -0.906. The highest BCUT2D eigenvalue weighted by molar-refractivity contribution is 7.22. The van der Waals surface area contributed by atoms with Gasteiger partial charge in [-0.15, -0.1) is 0 Å². The smallest absolute Gasteiger partial charge is 0.301 e. The van der Waals surface area contributed by atoms with Gasteiger partial charge in [-0.25, -0.2) is 9.37 Å². The Labute approximate surface area is 204 Å². The molecule has 1 aromatic heterocycles. The van der Waals surface area contributed by atoms with Gasteiger partial charge in [0.25, 0.3) is 5.78 Å². The molecule has 35 heavy (non-hydrogen) atoms. The van der Waals surface area contributed by atoms with Crippen LogP contribution in [0.25, 0.3) is 16.0 Å². The van der Waals surface area contributed by atoms with Crippen LogP contribution in [-0.2, 0) is 9.59 Å². The van der Waals surface area contributed by atoms with Crippen LogP contribution in [0, 0.1) is 12.7 Å². The van der Waals surface area contributed by atoms with Gasteiger partial charge < -0.3 is 9.84 Å². The molecule has 176 valence electrons. The zero-order valence-electron chi connectivity index (χ0n) is 19.0. The van der Waals surface area contributed by atoms with Crippen LogP contribution in [0.1, 0.15) is 29.7 Å². The number of hydrogen-bond donors (Lipinski definition) is 1. The summed E-state index contributed by atoms with van der Waals surface area (Å²) in [5.41, 5.74) is 2.48. The van der Waals surface area contributed by atoms with E-state index in [1.807, 2.05) is 38.1 Å². The lowest BCUT2D eigenvalue weighted by atomic mass is 9.95. The molecular formula is C27H21FN2O4S. The summed E-state index contributed by atoms with van der Waals surface area (Å²) in [7, 11) is 0. The average Bonchev–Trinajstić information content (AvgIpc) is 3.37. The number of carbonyl (C=O) groups is 2. The zero-order chi connectivity index (χ0) is 24.7. The monoisotopic (exact) mass is 488 g/mol. The van der Waals surface area contributed by atoms with Gasteiger partial charge in [-0.05, 0) is 49.7 Å². The number of aliphatic hydroxyl groups is 1. The van der Waals surface area contributed by atoms with Crippen LogP contribution in [0.4, 0.5) is 9.52 Å². The molecule has 1 aliphatic rings. The van der Waals surface area contributed by atoms with Gasteiger partial charge in [0.05, 0.1) is 28.4 Å². The highest BCUT2D eigenvalue weighted by atomic mass is 32.1. The van der Waals surface area contributed by atoms with Gasteiger partial charge in [0.15, 0.2) is 5.13 Å². The number of carbonyl (C=O) groups excluding carboxylic acids is 2. The Morgan fingerprint density at radius 3 is 2.63 bits per heavy atom. The van der Waals surface area contributed by atoms with Crippen molar-refractivity contribution in [1.29, 1.82) is 0 Å². The third-order valence-electron chi connectivity index (χ3n) is 5.80. The molecule has 0 bridgehead atoms. The Hall–Kier alpha value is -4.04. The first-order valence-electron chi connectivity index (χ1n) is 11.0. The molecule has 1 fully saturated rings. The SMILES string of the molecule is CCOc1cccc(C(O)=C2C(=O)C(=O)N(c3nc4ccc(F)cc4s3)C2c2ccc(C)cc2)c1. The molecule has 1 saturated heterocycles. The van der Waals surface area contributed by atoms with E-state index in [0.29, 0.717) is 33.7 Å². The molecule has 6 nitrogen and oxygen atoms in total. The molecule has 0 spiro atoms. The first-order valence-corrected chi connectivity index (χ1v) is 11.9. The highest BCUT2D eigenvalue weighted by Gasteiger charge is 2.48. The summed E-state index contributed by atoms with van der Waals surface area (Å²) in [5, 5.41) is 11.5. The Morgan fingerprint density at radius 2 is 1.89 bits per heavy atom. The fourth-order valence-electron chi connectivity index (χ4n) is 4.14. The van der Waals surface area contributed by atoms with E-state index in [2.05, 4.69) is 4.98 Å². The molecule has 8 heteroatoms. The van der Waals surface area contributed by atoms with Crippen molar-refractivity contribution in [2.45, 2.75) is 19.9 Å². The fourth-order valence-corrected chi connectivity index (χ4v) is 5.16. The van der Waals surface area contributed by atoms with E-state index in [0.717, 1.165) is 16.9 Å². The summed E-state index contributed by atoms with van der Waals surface area (Å²) < 4.78 is 19.9. The molecule has 1 atom stereocenters. The standard InChI is InChI=1S/C27H21FN2O4S/c1-3-34-19-6-4-5-17(13-19)24(31)22-23(16-9-7-15(2)8-10-16)30(26(33)25(22)32)27-29-20-12-11-18(28)14-21(20)35-27/h4-14,23,31H,3H2,1-2H3. The van der Waals surface area contributed by atoms with Crippen LogP contribution in [0.3, 0.4) is 0 Å². The molecule has 1 aliphatic heterocycles. The van der Waals surface area contributed by atoms with Crippen molar-refractivity contribution < 1.29 is 23.8 Å². The number of fused-ring (bicyclic) bond motifs is 1. The largest absolute Gasteiger partial charge is 0.507 e. The number of amides is 1. The third kappa shape index (κ3) is 4.06. The van der Waals surface area contributed by atoms with Crippen LogP contribution in [-0.4, -0.2) is 28.4 Å². The van der Waals surface area contributed by atoms with Crippen molar-refractivity contribution in [3.63, 3.8) is 0 Å². The van der Waals surface area contributed by atoms with Crippen LogP contribution < -0.4 is 9.64 Å². The molecule has 0 radical (unpaired) electrons. The van der Waals surface area contributed by atoms with E-state index in [4.69, 9.17) is 4.74 Å². The molecule has 3 aromatic carbocycles. The van der Waals surface area contributed by atoms with Gasteiger partial charge in [0, 0.05) is 5.56 Å². The van der Waals surface area contributed by atoms with E-state index in [1.165, 1.54) is 23.1 Å². The summed E-state index contributed by atoms with van der Waals surface area (Å²) in [4.78, 5) is 32.4. The third-order valence-corrected chi connectivity index (χ3v) is 6.82. The number of ether oxygens (including phenoxy) is 1. The van der Waals surface area contributed by atoms with Crippen LogP contribution in [0.15, 0.2) is 72.3 Å². The summed E-state index contributed by atoms with van der Waals surface area (Å²) in [6.07, 6.45) is 0. The molecule has 1 unspecified atom stereocenters. The number of aliphatic hydroxyl groups excluding tert-OH is 1. The normalized spacial score (nSPS) is 17.3. The molecule has 5 rings (SSSR count). The lowest BCUT2D eigenvalue weighted by Gasteiger charge is -2.23. The lowest BCUT2D eigenvalue weighted by molar-refractivity contribution is -0.132. The first-order chi connectivity index (χ1) is 16.9. The number of aryl methyl sites for hydroxylation is 1. The van der Waals surface area contributed by atoms with Gasteiger partial charge in [-0.2, -0.15) is 0 Å². The lowest BCUT2D eigenvalue weighted by Crippen LogP contribution is -2.29. The number of thiazole rings is 1. The average molecular weight is 489 g/mol. The second-order valence-corrected chi connectivity index (χ2v) is 9.16.